The Hall–Kier alpha value is -1.34. The molecule has 2 aromatic rings. The van der Waals surface area contributed by atoms with Gasteiger partial charge in [0.25, 0.3) is 0 Å². The molecule has 0 fully saturated rings. The summed E-state index contributed by atoms with van der Waals surface area (Å²) in [6, 6.07) is 0.240. The second-order valence-corrected chi connectivity index (χ2v) is 4.57. The van der Waals surface area contributed by atoms with Crippen molar-refractivity contribution in [2.75, 3.05) is 0 Å². The van der Waals surface area contributed by atoms with Crippen molar-refractivity contribution in [3.63, 3.8) is 0 Å². The average Bonchev–Trinajstić information content (AvgIpc) is 2.86. The van der Waals surface area contributed by atoms with Crippen molar-refractivity contribution in [1.29, 1.82) is 0 Å². The van der Waals surface area contributed by atoms with Gasteiger partial charge >= 0.3 is 0 Å². The lowest BCUT2D eigenvalue weighted by atomic mass is 10.2. The first-order chi connectivity index (χ1) is 7.68. The summed E-state index contributed by atoms with van der Waals surface area (Å²) in [5, 5.41) is 17.7. The molecule has 0 bridgehead atoms. The quantitative estimate of drug-likeness (QED) is 0.860. The van der Waals surface area contributed by atoms with Crippen molar-refractivity contribution >= 4 is 11.5 Å². The largest absolute Gasteiger partial charge is 0.387 e. The van der Waals surface area contributed by atoms with Crippen molar-refractivity contribution in [2.45, 2.75) is 32.4 Å². The molecule has 0 aliphatic carbocycles. The summed E-state index contributed by atoms with van der Waals surface area (Å²) in [6.07, 6.45) is 2.90. The first-order valence-electron chi connectivity index (χ1n) is 5.02. The molecular formula is C9H13N5OS. The molecule has 2 rings (SSSR count). The molecule has 0 aliphatic rings. The maximum atomic E-state index is 9.94. The summed E-state index contributed by atoms with van der Waals surface area (Å²) in [5.74, 6) is 0.774. The van der Waals surface area contributed by atoms with Crippen LogP contribution in [0, 0.1) is 0 Å². The van der Waals surface area contributed by atoms with E-state index in [2.05, 4.69) is 19.7 Å². The van der Waals surface area contributed by atoms with Crippen LogP contribution in [0.15, 0.2) is 12.5 Å². The van der Waals surface area contributed by atoms with Gasteiger partial charge in [-0.1, -0.05) is 4.49 Å². The van der Waals surface area contributed by atoms with E-state index >= 15 is 0 Å². The van der Waals surface area contributed by atoms with Crippen molar-refractivity contribution < 1.29 is 5.11 Å². The lowest BCUT2D eigenvalue weighted by Crippen LogP contribution is -2.11. The molecule has 1 N–H and O–H groups in total. The summed E-state index contributed by atoms with van der Waals surface area (Å²) in [5.41, 5.74) is 0. The Balaban J connectivity index is 2.12. The van der Waals surface area contributed by atoms with Crippen LogP contribution in [0.2, 0.25) is 0 Å². The lowest BCUT2D eigenvalue weighted by Gasteiger charge is -2.11. The van der Waals surface area contributed by atoms with E-state index in [0.29, 0.717) is 6.42 Å². The van der Waals surface area contributed by atoms with Crippen LogP contribution in [0.1, 0.15) is 36.7 Å². The molecule has 0 saturated heterocycles. The first-order valence-corrected chi connectivity index (χ1v) is 5.79. The van der Waals surface area contributed by atoms with Gasteiger partial charge in [0.2, 0.25) is 0 Å². The predicted octanol–water partition coefficient (Wildman–Crippen LogP) is 0.987. The summed E-state index contributed by atoms with van der Waals surface area (Å²) < 4.78 is 5.52. The molecule has 2 aromatic heterocycles. The molecule has 2 heterocycles. The van der Waals surface area contributed by atoms with E-state index < -0.39 is 6.10 Å². The number of aliphatic hydroxyl groups is 1. The summed E-state index contributed by atoms with van der Waals surface area (Å²) in [6.45, 7) is 4.05. The Morgan fingerprint density at radius 1 is 1.50 bits per heavy atom. The van der Waals surface area contributed by atoms with Gasteiger partial charge in [-0.05, 0) is 25.4 Å². The SMILES string of the molecule is CC(C)n1ncnc1CC(O)c1cnns1. The Morgan fingerprint density at radius 3 is 2.94 bits per heavy atom. The number of rotatable bonds is 4. The summed E-state index contributed by atoms with van der Waals surface area (Å²) in [7, 11) is 0. The van der Waals surface area contributed by atoms with Crippen molar-refractivity contribution in [3.05, 3.63) is 23.2 Å². The third-order valence-electron chi connectivity index (χ3n) is 2.22. The predicted molar refractivity (Wildman–Crippen MR) is 59.0 cm³/mol. The van der Waals surface area contributed by atoms with E-state index in [1.165, 1.54) is 17.9 Å². The van der Waals surface area contributed by atoms with E-state index in [4.69, 9.17) is 0 Å². The number of aromatic nitrogens is 5. The second-order valence-electron chi connectivity index (χ2n) is 3.75. The number of aliphatic hydroxyl groups excluding tert-OH is 1. The minimum Gasteiger partial charge on any atom is -0.387 e. The topological polar surface area (TPSA) is 76.7 Å². The number of hydrogen-bond acceptors (Lipinski definition) is 6. The Bertz CT molecular complexity index is 438. The fourth-order valence-electron chi connectivity index (χ4n) is 1.45. The van der Waals surface area contributed by atoms with E-state index in [1.54, 1.807) is 10.9 Å². The molecule has 86 valence electrons. The normalized spacial score (nSPS) is 13.2. The van der Waals surface area contributed by atoms with Gasteiger partial charge in [0.05, 0.1) is 17.2 Å². The fourth-order valence-corrected chi connectivity index (χ4v) is 1.93. The van der Waals surface area contributed by atoms with E-state index in [1.807, 2.05) is 13.8 Å². The molecule has 1 atom stereocenters. The van der Waals surface area contributed by atoms with Crippen molar-refractivity contribution in [2.24, 2.45) is 0 Å². The van der Waals surface area contributed by atoms with Gasteiger partial charge in [-0.2, -0.15) is 5.10 Å². The highest BCUT2D eigenvalue weighted by Crippen LogP contribution is 2.19. The zero-order chi connectivity index (χ0) is 11.5. The fraction of sp³-hybridized carbons (Fsp3) is 0.556. The molecule has 0 spiro atoms. The van der Waals surface area contributed by atoms with Gasteiger partial charge in [0, 0.05) is 12.5 Å². The second kappa shape index (κ2) is 4.67. The van der Waals surface area contributed by atoms with E-state index in [0.717, 1.165) is 10.7 Å². The van der Waals surface area contributed by atoms with Crippen LogP contribution < -0.4 is 0 Å². The summed E-state index contributed by atoms with van der Waals surface area (Å²) in [4.78, 5) is 4.89. The maximum Gasteiger partial charge on any atom is 0.138 e. The highest BCUT2D eigenvalue weighted by molar-refractivity contribution is 7.05. The molecule has 0 radical (unpaired) electrons. The number of nitrogens with zero attached hydrogens (tertiary/aromatic N) is 5. The highest BCUT2D eigenvalue weighted by atomic mass is 32.1. The van der Waals surface area contributed by atoms with Crippen LogP contribution in [0.25, 0.3) is 0 Å². The summed E-state index contributed by atoms with van der Waals surface area (Å²) >= 11 is 1.20. The van der Waals surface area contributed by atoms with Gasteiger partial charge < -0.3 is 5.11 Å². The highest BCUT2D eigenvalue weighted by Gasteiger charge is 2.16. The molecule has 6 nitrogen and oxygen atoms in total. The van der Waals surface area contributed by atoms with Crippen LogP contribution in [0.5, 0.6) is 0 Å². The zero-order valence-electron chi connectivity index (χ0n) is 9.11. The molecule has 7 heteroatoms. The van der Waals surface area contributed by atoms with Gasteiger partial charge in [-0.25, -0.2) is 9.67 Å². The minimum absolute atomic E-state index is 0.240. The molecule has 0 aliphatic heterocycles. The van der Waals surface area contributed by atoms with Gasteiger partial charge in [0.1, 0.15) is 12.2 Å². The third kappa shape index (κ3) is 2.25. The Labute approximate surface area is 97.1 Å². The lowest BCUT2D eigenvalue weighted by molar-refractivity contribution is 0.177. The van der Waals surface area contributed by atoms with E-state index in [-0.39, 0.29) is 6.04 Å². The first kappa shape index (κ1) is 11.2. The van der Waals surface area contributed by atoms with Crippen LogP contribution in [0.3, 0.4) is 0 Å². The standard InChI is InChI=1S/C9H13N5OS/c1-6(2)14-9(10-5-12-14)3-7(15)8-4-11-13-16-8/h4-7,15H,3H2,1-2H3. The maximum absolute atomic E-state index is 9.94. The third-order valence-corrected chi connectivity index (χ3v) is 2.98. The number of hydrogen-bond donors (Lipinski definition) is 1. The molecule has 0 saturated carbocycles. The average molecular weight is 239 g/mol. The molecule has 16 heavy (non-hydrogen) atoms. The van der Waals surface area contributed by atoms with Crippen LogP contribution in [-0.4, -0.2) is 29.5 Å². The molecular weight excluding hydrogens is 226 g/mol. The van der Waals surface area contributed by atoms with E-state index in [9.17, 15) is 5.11 Å². The molecule has 1 unspecified atom stereocenters. The van der Waals surface area contributed by atoms with Crippen LogP contribution >= 0.6 is 11.5 Å². The monoisotopic (exact) mass is 239 g/mol. The van der Waals surface area contributed by atoms with Crippen LogP contribution in [0.4, 0.5) is 0 Å². The van der Waals surface area contributed by atoms with Crippen molar-refractivity contribution in [1.82, 2.24) is 24.4 Å². The van der Waals surface area contributed by atoms with Crippen LogP contribution in [-0.2, 0) is 6.42 Å². The Kier molecular flexibility index (Phi) is 3.25. The van der Waals surface area contributed by atoms with Gasteiger partial charge in [-0.15, -0.1) is 5.10 Å². The zero-order valence-corrected chi connectivity index (χ0v) is 9.92. The van der Waals surface area contributed by atoms with Gasteiger partial charge in [0.15, 0.2) is 0 Å². The Morgan fingerprint density at radius 2 is 2.31 bits per heavy atom. The van der Waals surface area contributed by atoms with Crippen molar-refractivity contribution in [3.8, 4) is 0 Å². The molecule has 0 aromatic carbocycles. The smallest absolute Gasteiger partial charge is 0.138 e. The van der Waals surface area contributed by atoms with Gasteiger partial charge in [-0.3, -0.25) is 0 Å². The minimum atomic E-state index is -0.610. The molecule has 0 amide bonds.